The largest absolute Gasteiger partial charge is 0.326 e. The van der Waals surface area contributed by atoms with Crippen LogP contribution in [0.4, 0.5) is 0 Å². The fourth-order valence-electron chi connectivity index (χ4n) is 2.49. The lowest BCUT2D eigenvalue weighted by molar-refractivity contribution is -0.115. The molecule has 7 heteroatoms. The molecule has 0 spiro atoms. The Balaban J connectivity index is 2.02. The van der Waals surface area contributed by atoms with Crippen LogP contribution in [0.3, 0.4) is 0 Å². The average molecular weight is 407 g/mol. The number of hydrogen-bond acceptors (Lipinski definition) is 3. The van der Waals surface area contributed by atoms with Crippen molar-refractivity contribution >= 4 is 32.0 Å². The fraction of sp³-hybridized carbons (Fsp3) is 0.118. The van der Waals surface area contributed by atoms with Gasteiger partial charge in [-0.25, -0.2) is 4.72 Å². The van der Waals surface area contributed by atoms with Crippen molar-refractivity contribution in [3.63, 3.8) is 0 Å². The summed E-state index contributed by atoms with van der Waals surface area (Å²) in [4.78, 5) is 12.0. The standard InChI is InChI=1S/C17H15BrN2O3S/c18-16-15(11-13-7-3-1-4-8-13)20(24(22,23)19-17(16)21)12-14-9-5-2-6-10-14/h1-10H,11-12H2,(H,19,21). The van der Waals surface area contributed by atoms with Crippen LogP contribution in [0.5, 0.6) is 0 Å². The molecular weight excluding hydrogens is 392 g/mol. The van der Waals surface area contributed by atoms with Crippen molar-refractivity contribution in [2.75, 3.05) is 0 Å². The predicted octanol–water partition coefficient (Wildman–Crippen LogP) is 2.71. The number of hydrogen-bond donors (Lipinski definition) is 1. The molecule has 1 aliphatic heterocycles. The maximum Gasteiger partial charge on any atom is 0.326 e. The van der Waals surface area contributed by atoms with Gasteiger partial charge >= 0.3 is 10.2 Å². The number of carbonyl (C=O) groups is 1. The van der Waals surface area contributed by atoms with Crippen LogP contribution in [0, 0.1) is 0 Å². The summed E-state index contributed by atoms with van der Waals surface area (Å²) in [5.41, 5.74) is 2.18. The second-order valence-electron chi connectivity index (χ2n) is 5.35. The van der Waals surface area contributed by atoms with Gasteiger partial charge in [0.2, 0.25) is 0 Å². The summed E-state index contributed by atoms with van der Waals surface area (Å²) >= 11 is 3.24. The third-order valence-corrected chi connectivity index (χ3v) is 5.84. The molecule has 0 fully saturated rings. The third-order valence-electron chi connectivity index (χ3n) is 3.65. The summed E-state index contributed by atoms with van der Waals surface area (Å²) in [6.45, 7) is 0.153. The van der Waals surface area contributed by atoms with Gasteiger partial charge in [-0.1, -0.05) is 60.7 Å². The number of nitrogens with one attached hydrogen (secondary N) is 1. The number of benzene rings is 2. The summed E-state index contributed by atoms with van der Waals surface area (Å²) in [6, 6.07) is 18.7. The smallest absolute Gasteiger partial charge is 0.267 e. The molecule has 0 radical (unpaired) electrons. The van der Waals surface area contributed by atoms with Crippen LogP contribution < -0.4 is 4.72 Å². The van der Waals surface area contributed by atoms with Gasteiger partial charge in [-0.15, -0.1) is 0 Å². The highest BCUT2D eigenvalue weighted by Crippen LogP contribution is 2.28. The van der Waals surface area contributed by atoms with Crippen molar-refractivity contribution in [1.29, 1.82) is 0 Å². The molecule has 1 aliphatic rings. The number of rotatable bonds is 4. The lowest BCUT2D eigenvalue weighted by Gasteiger charge is -2.31. The first-order valence-electron chi connectivity index (χ1n) is 7.28. The molecule has 3 rings (SSSR count). The first-order valence-corrected chi connectivity index (χ1v) is 9.52. The Morgan fingerprint density at radius 1 is 0.917 bits per heavy atom. The Morgan fingerprint density at radius 3 is 2.04 bits per heavy atom. The van der Waals surface area contributed by atoms with E-state index in [0.29, 0.717) is 12.1 Å². The highest BCUT2D eigenvalue weighted by atomic mass is 79.9. The average Bonchev–Trinajstić information content (AvgIpc) is 2.57. The summed E-state index contributed by atoms with van der Waals surface area (Å²) in [7, 11) is -3.93. The van der Waals surface area contributed by atoms with Crippen LogP contribution in [0.15, 0.2) is 70.8 Å². The van der Waals surface area contributed by atoms with E-state index in [1.165, 1.54) is 4.31 Å². The molecule has 5 nitrogen and oxygen atoms in total. The lowest BCUT2D eigenvalue weighted by atomic mass is 10.1. The molecule has 0 saturated heterocycles. The van der Waals surface area contributed by atoms with Gasteiger partial charge < -0.3 is 0 Å². The van der Waals surface area contributed by atoms with E-state index in [0.717, 1.165) is 11.1 Å². The molecule has 0 saturated carbocycles. The van der Waals surface area contributed by atoms with E-state index in [9.17, 15) is 13.2 Å². The summed E-state index contributed by atoms with van der Waals surface area (Å²) in [5.74, 6) is -0.648. The molecular formula is C17H15BrN2O3S. The minimum Gasteiger partial charge on any atom is -0.267 e. The van der Waals surface area contributed by atoms with E-state index in [1.54, 1.807) is 0 Å². The van der Waals surface area contributed by atoms with E-state index in [1.807, 2.05) is 65.4 Å². The molecule has 2 aromatic rings. The zero-order chi connectivity index (χ0) is 17.2. The van der Waals surface area contributed by atoms with Crippen LogP contribution in [0.2, 0.25) is 0 Å². The van der Waals surface area contributed by atoms with Gasteiger partial charge in [0, 0.05) is 6.42 Å². The van der Waals surface area contributed by atoms with Crippen molar-refractivity contribution in [3.8, 4) is 0 Å². The molecule has 0 atom stereocenters. The van der Waals surface area contributed by atoms with E-state index in [4.69, 9.17) is 0 Å². The number of allylic oxidation sites excluding steroid dienone is 1. The van der Waals surface area contributed by atoms with Crippen molar-refractivity contribution in [2.24, 2.45) is 0 Å². The molecule has 0 aromatic heterocycles. The van der Waals surface area contributed by atoms with Gasteiger partial charge in [0.05, 0.1) is 12.2 Å². The van der Waals surface area contributed by atoms with Gasteiger partial charge in [-0.2, -0.15) is 8.42 Å². The van der Waals surface area contributed by atoms with Crippen molar-refractivity contribution < 1.29 is 13.2 Å². The van der Waals surface area contributed by atoms with Crippen LogP contribution in [0.25, 0.3) is 0 Å². The SMILES string of the molecule is O=C1NS(=O)(=O)N(Cc2ccccc2)C(Cc2ccccc2)=C1Br. The van der Waals surface area contributed by atoms with E-state index >= 15 is 0 Å². The van der Waals surface area contributed by atoms with Crippen LogP contribution in [0.1, 0.15) is 11.1 Å². The van der Waals surface area contributed by atoms with Crippen molar-refractivity contribution in [2.45, 2.75) is 13.0 Å². The quantitative estimate of drug-likeness (QED) is 0.848. The molecule has 24 heavy (non-hydrogen) atoms. The highest BCUT2D eigenvalue weighted by Gasteiger charge is 2.35. The molecule has 1 heterocycles. The van der Waals surface area contributed by atoms with Gasteiger partial charge in [0.25, 0.3) is 5.91 Å². The normalized spacial score (nSPS) is 16.9. The third kappa shape index (κ3) is 3.52. The minimum absolute atomic E-state index is 0.153. The topological polar surface area (TPSA) is 66.5 Å². The van der Waals surface area contributed by atoms with E-state index in [2.05, 4.69) is 15.9 Å². The summed E-state index contributed by atoms with van der Waals surface area (Å²) < 4.78 is 28.5. The molecule has 0 aliphatic carbocycles. The zero-order valence-electron chi connectivity index (χ0n) is 12.6. The Morgan fingerprint density at radius 2 is 1.46 bits per heavy atom. The number of carbonyl (C=O) groups excluding carboxylic acids is 1. The molecule has 1 amide bonds. The Kier molecular flexibility index (Phi) is 4.73. The van der Waals surface area contributed by atoms with Crippen LogP contribution in [-0.4, -0.2) is 18.6 Å². The lowest BCUT2D eigenvalue weighted by Crippen LogP contribution is -2.48. The van der Waals surface area contributed by atoms with Gasteiger partial charge in [-0.3, -0.25) is 9.10 Å². The summed E-state index contributed by atoms with van der Waals surface area (Å²) in [6.07, 6.45) is 0.334. The maximum atomic E-state index is 12.5. The highest BCUT2D eigenvalue weighted by molar-refractivity contribution is 9.12. The molecule has 0 unspecified atom stereocenters. The van der Waals surface area contributed by atoms with E-state index in [-0.39, 0.29) is 11.0 Å². The van der Waals surface area contributed by atoms with Crippen LogP contribution >= 0.6 is 15.9 Å². The second kappa shape index (κ2) is 6.78. The summed E-state index contributed by atoms with van der Waals surface area (Å²) in [5, 5.41) is 0. The van der Waals surface area contributed by atoms with Crippen molar-refractivity contribution in [3.05, 3.63) is 82.0 Å². The second-order valence-corrected chi connectivity index (χ2v) is 7.74. The Bertz CT molecular complexity index is 881. The Hall–Kier alpha value is -2.12. The van der Waals surface area contributed by atoms with Gasteiger partial charge in [0.1, 0.15) is 4.48 Å². The molecule has 1 N–H and O–H groups in total. The van der Waals surface area contributed by atoms with Gasteiger partial charge in [0.15, 0.2) is 0 Å². The Labute approximate surface area is 149 Å². The maximum absolute atomic E-state index is 12.5. The first-order chi connectivity index (χ1) is 11.5. The zero-order valence-corrected chi connectivity index (χ0v) is 15.0. The molecule has 0 bridgehead atoms. The van der Waals surface area contributed by atoms with Crippen molar-refractivity contribution in [1.82, 2.24) is 9.03 Å². The van der Waals surface area contributed by atoms with Crippen LogP contribution in [-0.2, 0) is 28.0 Å². The number of nitrogens with zero attached hydrogens (tertiary/aromatic N) is 1. The van der Waals surface area contributed by atoms with Gasteiger partial charge in [-0.05, 0) is 27.1 Å². The molecule has 124 valence electrons. The number of amides is 1. The van der Waals surface area contributed by atoms with E-state index < -0.39 is 16.1 Å². The fourth-order valence-corrected chi connectivity index (χ4v) is 4.40. The minimum atomic E-state index is -3.93. The molecule has 2 aromatic carbocycles. The first kappa shape index (κ1) is 16.7. The predicted molar refractivity (Wildman–Crippen MR) is 95.1 cm³/mol. The monoisotopic (exact) mass is 406 g/mol. The number of halogens is 1.